The summed E-state index contributed by atoms with van der Waals surface area (Å²) in [6, 6.07) is 10.0. The van der Waals surface area contributed by atoms with Crippen LogP contribution in [-0.2, 0) is 17.6 Å². The molecule has 1 unspecified atom stereocenters. The summed E-state index contributed by atoms with van der Waals surface area (Å²) < 4.78 is 0. The number of hydrogen-bond donors (Lipinski definition) is 2. The number of carbonyl (C=O) groups is 1. The van der Waals surface area contributed by atoms with Gasteiger partial charge in [0.2, 0.25) is 5.91 Å². The lowest BCUT2D eigenvalue weighted by atomic mass is 9.96. The molecule has 0 saturated carbocycles. The summed E-state index contributed by atoms with van der Waals surface area (Å²) in [5.74, 6) is 1.13. The first-order valence-corrected chi connectivity index (χ1v) is 10.5. The van der Waals surface area contributed by atoms with E-state index in [-0.39, 0.29) is 17.9 Å². The first kappa shape index (κ1) is 20.5. The number of nitrogens with one attached hydrogen (secondary N) is 1. The van der Waals surface area contributed by atoms with Crippen molar-refractivity contribution in [3.05, 3.63) is 41.7 Å². The van der Waals surface area contributed by atoms with Crippen molar-refractivity contribution in [2.24, 2.45) is 5.92 Å². The number of nitrogens with zero attached hydrogens (tertiary/aromatic N) is 4. The molecule has 2 heterocycles. The minimum atomic E-state index is -0.372. The summed E-state index contributed by atoms with van der Waals surface area (Å²) in [4.78, 5) is 14.6. The fraction of sp³-hybridized carbons (Fsp3) is 0.619. The van der Waals surface area contributed by atoms with Crippen molar-refractivity contribution >= 4 is 5.91 Å². The monoisotopic (exact) mass is 385 g/mol. The predicted octanol–water partition coefficient (Wildman–Crippen LogP) is 2.53. The number of rotatable bonds is 12. The average Bonchev–Trinajstić information content (AvgIpc) is 3.34. The zero-order valence-corrected chi connectivity index (χ0v) is 16.5. The summed E-state index contributed by atoms with van der Waals surface area (Å²) in [5, 5.41) is 24.2. The number of unbranched alkanes of at least 4 members (excludes halogenated alkanes) is 3. The van der Waals surface area contributed by atoms with E-state index >= 15 is 0 Å². The number of aliphatic hydroxyl groups is 1. The highest BCUT2D eigenvalue weighted by Gasteiger charge is 2.31. The lowest BCUT2D eigenvalue weighted by molar-refractivity contribution is -0.131. The van der Waals surface area contributed by atoms with Crippen LogP contribution in [0.5, 0.6) is 0 Å². The number of tetrazole rings is 1. The molecule has 2 N–H and O–H groups in total. The molecule has 7 nitrogen and oxygen atoms in total. The Morgan fingerprint density at radius 1 is 1.18 bits per heavy atom. The minimum Gasteiger partial charge on any atom is -0.393 e. The van der Waals surface area contributed by atoms with Crippen molar-refractivity contribution in [2.45, 2.75) is 63.9 Å². The normalized spacial score (nSPS) is 18.0. The van der Waals surface area contributed by atoms with E-state index in [1.807, 2.05) is 35.2 Å². The van der Waals surface area contributed by atoms with Crippen LogP contribution in [0.4, 0.5) is 0 Å². The van der Waals surface area contributed by atoms with Gasteiger partial charge in [0.05, 0.1) is 6.10 Å². The summed E-state index contributed by atoms with van der Waals surface area (Å²) >= 11 is 0. The van der Waals surface area contributed by atoms with E-state index in [9.17, 15) is 9.90 Å². The third kappa shape index (κ3) is 6.41. The molecule has 0 spiro atoms. The second-order valence-corrected chi connectivity index (χ2v) is 7.72. The molecule has 1 aliphatic heterocycles. The smallest absolute Gasteiger partial charge is 0.225 e. The SMILES string of the molecule is O=C1C(CC[C@@H](O)Cc2ccccc2)CCN1CCCCCCc1nn[nH]n1. The highest BCUT2D eigenvalue weighted by atomic mass is 16.3. The summed E-state index contributed by atoms with van der Waals surface area (Å²) in [5.41, 5.74) is 1.15. The number of aliphatic hydroxyl groups excluding tert-OH is 1. The van der Waals surface area contributed by atoms with Gasteiger partial charge in [-0.25, -0.2) is 0 Å². The van der Waals surface area contributed by atoms with Crippen LogP contribution < -0.4 is 0 Å². The molecule has 7 heteroatoms. The molecule has 3 rings (SSSR count). The summed E-state index contributed by atoms with van der Waals surface area (Å²) in [6.07, 6.45) is 7.87. The number of benzene rings is 1. The molecular formula is C21H31N5O2. The van der Waals surface area contributed by atoms with Gasteiger partial charge in [0, 0.05) is 25.4 Å². The second-order valence-electron chi connectivity index (χ2n) is 7.72. The fourth-order valence-electron chi connectivity index (χ4n) is 3.90. The van der Waals surface area contributed by atoms with Crippen molar-refractivity contribution in [3.8, 4) is 0 Å². The van der Waals surface area contributed by atoms with Gasteiger partial charge in [-0.3, -0.25) is 4.79 Å². The van der Waals surface area contributed by atoms with Crippen LogP contribution in [0.25, 0.3) is 0 Å². The number of carbonyl (C=O) groups excluding carboxylic acids is 1. The lowest BCUT2D eigenvalue weighted by Crippen LogP contribution is -2.28. The number of aryl methyl sites for hydroxylation is 1. The van der Waals surface area contributed by atoms with Crippen molar-refractivity contribution in [2.75, 3.05) is 13.1 Å². The highest BCUT2D eigenvalue weighted by Crippen LogP contribution is 2.24. The minimum absolute atomic E-state index is 0.0867. The second kappa shape index (κ2) is 10.9. The Hall–Kier alpha value is -2.28. The quantitative estimate of drug-likeness (QED) is 0.548. The molecule has 1 fully saturated rings. The van der Waals surface area contributed by atoms with Crippen LogP contribution >= 0.6 is 0 Å². The highest BCUT2D eigenvalue weighted by molar-refractivity contribution is 5.80. The van der Waals surface area contributed by atoms with Gasteiger partial charge in [0.25, 0.3) is 0 Å². The number of amides is 1. The molecule has 2 aromatic rings. The maximum Gasteiger partial charge on any atom is 0.225 e. The lowest BCUT2D eigenvalue weighted by Gasteiger charge is -2.17. The first-order chi connectivity index (χ1) is 13.7. The van der Waals surface area contributed by atoms with Gasteiger partial charge in [-0.05, 0) is 44.1 Å². The number of likely N-dealkylation sites (tertiary alicyclic amines) is 1. The average molecular weight is 386 g/mol. The van der Waals surface area contributed by atoms with Crippen molar-refractivity contribution in [1.29, 1.82) is 0 Å². The van der Waals surface area contributed by atoms with E-state index in [0.29, 0.717) is 12.8 Å². The Bertz CT molecular complexity index is 692. The maximum atomic E-state index is 12.6. The number of H-pyrrole nitrogens is 1. The number of aromatic amines is 1. The molecule has 0 radical (unpaired) electrons. The van der Waals surface area contributed by atoms with E-state index in [1.165, 1.54) is 0 Å². The van der Waals surface area contributed by atoms with Gasteiger partial charge in [-0.15, -0.1) is 10.2 Å². The third-order valence-corrected chi connectivity index (χ3v) is 5.54. The van der Waals surface area contributed by atoms with Gasteiger partial charge >= 0.3 is 0 Å². The molecule has 2 atom stereocenters. The van der Waals surface area contributed by atoms with E-state index in [2.05, 4.69) is 20.6 Å². The molecular weight excluding hydrogens is 354 g/mol. The summed E-state index contributed by atoms with van der Waals surface area (Å²) in [6.45, 7) is 1.71. The Morgan fingerprint density at radius 3 is 2.79 bits per heavy atom. The molecule has 0 bridgehead atoms. The molecule has 1 saturated heterocycles. The third-order valence-electron chi connectivity index (χ3n) is 5.54. The molecule has 152 valence electrons. The Labute approximate surface area is 166 Å². The van der Waals surface area contributed by atoms with E-state index in [4.69, 9.17) is 0 Å². The van der Waals surface area contributed by atoms with Gasteiger partial charge in [-0.1, -0.05) is 48.4 Å². The Balaban J connectivity index is 1.26. The maximum absolute atomic E-state index is 12.6. The topological polar surface area (TPSA) is 95.0 Å². The van der Waals surface area contributed by atoms with Crippen LogP contribution in [0.2, 0.25) is 0 Å². The summed E-state index contributed by atoms with van der Waals surface area (Å²) in [7, 11) is 0. The molecule has 28 heavy (non-hydrogen) atoms. The molecule has 1 aromatic carbocycles. The first-order valence-electron chi connectivity index (χ1n) is 10.5. The van der Waals surface area contributed by atoms with Crippen LogP contribution in [0.1, 0.15) is 56.3 Å². The Morgan fingerprint density at radius 2 is 2.00 bits per heavy atom. The van der Waals surface area contributed by atoms with E-state index in [0.717, 1.165) is 69.4 Å². The Kier molecular flexibility index (Phi) is 7.96. The van der Waals surface area contributed by atoms with Crippen molar-refractivity contribution in [3.63, 3.8) is 0 Å². The zero-order chi connectivity index (χ0) is 19.6. The molecule has 1 amide bonds. The predicted molar refractivity (Wildman–Crippen MR) is 106 cm³/mol. The largest absolute Gasteiger partial charge is 0.393 e. The van der Waals surface area contributed by atoms with Crippen molar-refractivity contribution < 1.29 is 9.90 Å². The van der Waals surface area contributed by atoms with Crippen LogP contribution in [0.3, 0.4) is 0 Å². The van der Waals surface area contributed by atoms with E-state index < -0.39 is 0 Å². The number of aromatic nitrogens is 4. The molecule has 1 aliphatic rings. The van der Waals surface area contributed by atoms with Crippen LogP contribution in [0.15, 0.2) is 30.3 Å². The fourth-order valence-corrected chi connectivity index (χ4v) is 3.90. The number of hydrogen-bond acceptors (Lipinski definition) is 5. The zero-order valence-electron chi connectivity index (χ0n) is 16.5. The van der Waals surface area contributed by atoms with Crippen LogP contribution in [0, 0.1) is 5.92 Å². The van der Waals surface area contributed by atoms with Gasteiger partial charge in [-0.2, -0.15) is 5.21 Å². The molecule has 1 aromatic heterocycles. The van der Waals surface area contributed by atoms with Crippen LogP contribution in [-0.4, -0.2) is 55.7 Å². The van der Waals surface area contributed by atoms with Crippen molar-refractivity contribution in [1.82, 2.24) is 25.5 Å². The van der Waals surface area contributed by atoms with Gasteiger partial charge in [0.1, 0.15) is 0 Å². The molecule has 0 aliphatic carbocycles. The van der Waals surface area contributed by atoms with Gasteiger partial charge < -0.3 is 10.0 Å². The van der Waals surface area contributed by atoms with Gasteiger partial charge in [0.15, 0.2) is 5.82 Å². The van der Waals surface area contributed by atoms with E-state index in [1.54, 1.807) is 0 Å². The standard InChI is InChI=1S/C21H31N5O2/c27-19(16-17-8-4-3-5-9-17)12-11-18-13-15-26(21(18)28)14-7-2-1-6-10-20-22-24-25-23-20/h3-5,8-9,18-19,27H,1-2,6-7,10-16H2,(H,22,23,24,25)/t18?,19-/m1/s1.